The fourth-order valence-electron chi connectivity index (χ4n) is 1.91. The molecule has 16 heavy (non-hydrogen) atoms. The molecular weight excluding hydrogens is 206 g/mol. The molecule has 1 atom stereocenters. The smallest absolute Gasteiger partial charge is 0.254 e. The summed E-state index contributed by atoms with van der Waals surface area (Å²) in [4.78, 5) is 16.3. The van der Waals surface area contributed by atoms with Crippen LogP contribution < -0.4 is 5.73 Å². The van der Waals surface area contributed by atoms with Crippen molar-refractivity contribution in [1.29, 1.82) is 0 Å². The molecular formula is C11H23N3O2. The van der Waals surface area contributed by atoms with Gasteiger partial charge in [-0.25, -0.2) is 0 Å². The first kappa shape index (κ1) is 13.4. The number of nitrogens with zero attached hydrogens (tertiary/aromatic N) is 2. The Balaban J connectivity index is 2.75. The number of carbonyl (C=O) groups is 1. The second kappa shape index (κ2) is 5.12. The van der Waals surface area contributed by atoms with Crippen LogP contribution in [0.5, 0.6) is 0 Å². The lowest BCUT2D eigenvalue weighted by molar-refractivity contribution is -0.155. The molecule has 0 bridgehead atoms. The van der Waals surface area contributed by atoms with E-state index in [0.29, 0.717) is 6.54 Å². The van der Waals surface area contributed by atoms with Crippen molar-refractivity contribution in [2.24, 2.45) is 5.73 Å². The number of methoxy groups -OCH3 is 1. The predicted molar refractivity (Wildman–Crippen MR) is 63.1 cm³/mol. The number of carbonyl (C=O) groups excluding carboxylic acids is 1. The minimum Gasteiger partial charge on any atom is -0.369 e. The van der Waals surface area contributed by atoms with Crippen molar-refractivity contribution in [1.82, 2.24) is 9.80 Å². The maximum absolute atomic E-state index is 12.3. The summed E-state index contributed by atoms with van der Waals surface area (Å²) in [6.07, 6.45) is 0. The lowest BCUT2D eigenvalue weighted by atomic mass is 10.0. The Bertz CT molecular complexity index is 256. The third-order valence-electron chi connectivity index (χ3n) is 3.24. The van der Waals surface area contributed by atoms with E-state index >= 15 is 0 Å². The molecule has 1 rings (SSSR count). The molecule has 1 unspecified atom stereocenters. The maximum atomic E-state index is 12.3. The van der Waals surface area contributed by atoms with Gasteiger partial charge in [-0.2, -0.15) is 0 Å². The van der Waals surface area contributed by atoms with Gasteiger partial charge >= 0.3 is 0 Å². The zero-order valence-electron chi connectivity index (χ0n) is 10.7. The molecule has 1 aliphatic heterocycles. The highest BCUT2D eigenvalue weighted by Gasteiger charge is 2.37. The van der Waals surface area contributed by atoms with Gasteiger partial charge < -0.3 is 20.3 Å². The number of likely N-dealkylation sites (N-methyl/N-ethyl adjacent to an activating group) is 1. The fourth-order valence-corrected chi connectivity index (χ4v) is 1.91. The van der Waals surface area contributed by atoms with Crippen molar-refractivity contribution in [3.63, 3.8) is 0 Å². The van der Waals surface area contributed by atoms with E-state index in [2.05, 4.69) is 4.90 Å². The van der Waals surface area contributed by atoms with Crippen LogP contribution in [-0.4, -0.2) is 67.7 Å². The van der Waals surface area contributed by atoms with Crippen molar-refractivity contribution in [3.05, 3.63) is 0 Å². The van der Waals surface area contributed by atoms with Crippen LogP contribution in [-0.2, 0) is 9.53 Å². The van der Waals surface area contributed by atoms with Crippen molar-refractivity contribution in [2.75, 3.05) is 40.3 Å². The average molecular weight is 229 g/mol. The first-order valence-corrected chi connectivity index (χ1v) is 5.67. The van der Waals surface area contributed by atoms with Crippen molar-refractivity contribution in [2.45, 2.75) is 25.5 Å². The Hall–Kier alpha value is -0.650. The van der Waals surface area contributed by atoms with Gasteiger partial charge in [-0.3, -0.25) is 4.79 Å². The molecule has 1 heterocycles. The third-order valence-corrected chi connectivity index (χ3v) is 3.24. The van der Waals surface area contributed by atoms with Crippen molar-refractivity contribution in [3.8, 4) is 0 Å². The largest absolute Gasteiger partial charge is 0.369 e. The number of nitrogens with two attached hydrogens (primary N) is 1. The van der Waals surface area contributed by atoms with E-state index < -0.39 is 5.60 Å². The molecule has 0 aromatic rings. The highest BCUT2D eigenvalue weighted by Crippen LogP contribution is 2.17. The first-order valence-electron chi connectivity index (χ1n) is 5.67. The molecule has 0 aromatic carbocycles. The number of hydrogen-bond acceptors (Lipinski definition) is 4. The monoisotopic (exact) mass is 229 g/mol. The molecule has 0 saturated carbocycles. The molecule has 0 aliphatic carbocycles. The molecule has 0 radical (unpaired) electrons. The summed E-state index contributed by atoms with van der Waals surface area (Å²) in [5.41, 5.74) is 4.96. The summed E-state index contributed by atoms with van der Waals surface area (Å²) < 4.78 is 5.23. The van der Waals surface area contributed by atoms with E-state index in [1.807, 2.05) is 11.9 Å². The summed E-state index contributed by atoms with van der Waals surface area (Å²) in [6, 6.07) is 0.0978. The van der Waals surface area contributed by atoms with Crippen LogP contribution in [0.15, 0.2) is 0 Å². The minimum absolute atomic E-state index is 0.0264. The Kier molecular flexibility index (Phi) is 4.29. The normalized spacial score (nSPS) is 23.6. The number of ether oxygens (including phenoxy) is 1. The van der Waals surface area contributed by atoms with Crippen LogP contribution in [0, 0.1) is 0 Å². The summed E-state index contributed by atoms with van der Waals surface area (Å²) in [7, 11) is 3.61. The molecule has 1 amide bonds. The van der Waals surface area contributed by atoms with Gasteiger partial charge in [0.15, 0.2) is 0 Å². The minimum atomic E-state index is -0.761. The number of amides is 1. The molecule has 1 fully saturated rings. The van der Waals surface area contributed by atoms with Crippen LogP contribution in [0.2, 0.25) is 0 Å². The molecule has 5 nitrogen and oxygen atoms in total. The summed E-state index contributed by atoms with van der Waals surface area (Å²) in [5, 5.41) is 0. The lowest BCUT2D eigenvalue weighted by Crippen LogP contribution is -2.60. The van der Waals surface area contributed by atoms with Gasteiger partial charge in [0.2, 0.25) is 0 Å². The van der Waals surface area contributed by atoms with Crippen LogP contribution >= 0.6 is 0 Å². The standard InChI is InChI=1S/C11H23N3O2/c1-11(2,16-4)10(15)14-6-5-13(3)8-9(14)7-12/h9H,5-8,12H2,1-4H3. The summed E-state index contributed by atoms with van der Waals surface area (Å²) in [5.74, 6) is 0.0264. The van der Waals surface area contributed by atoms with Gasteiger partial charge in [0.25, 0.3) is 5.91 Å². The van der Waals surface area contributed by atoms with Crippen LogP contribution in [0.4, 0.5) is 0 Å². The van der Waals surface area contributed by atoms with Gasteiger partial charge in [-0.05, 0) is 20.9 Å². The molecule has 5 heteroatoms. The van der Waals surface area contributed by atoms with Gasteiger partial charge in [0.05, 0.1) is 6.04 Å². The molecule has 0 spiro atoms. The fraction of sp³-hybridized carbons (Fsp3) is 0.909. The highest BCUT2D eigenvalue weighted by atomic mass is 16.5. The van der Waals surface area contributed by atoms with Crippen molar-refractivity contribution < 1.29 is 9.53 Å². The van der Waals surface area contributed by atoms with Crippen LogP contribution in [0.25, 0.3) is 0 Å². The zero-order valence-corrected chi connectivity index (χ0v) is 10.7. The van der Waals surface area contributed by atoms with E-state index in [1.165, 1.54) is 0 Å². The zero-order chi connectivity index (χ0) is 12.3. The van der Waals surface area contributed by atoms with E-state index in [4.69, 9.17) is 10.5 Å². The highest BCUT2D eigenvalue weighted by molar-refractivity contribution is 5.84. The second-order valence-electron chi connectivity index (χ2n) is 4.86. The molecule has 2 N–H and O–H groups in total. The summed E-state index contributed by atoms with van der Waals surface area (Å²) >= 11 is 0. The van der Waals surface area contributed by atoms with Crippen LogP contribution in [0.1, 0.15) is 13.8 Å². The second-order valence-corrected chi connectivity index (χ2v) is 4.86. The maximum Gasteiger partial charge on any atom is 0.254 e. The Morgan fingerprint density at radius 1 is 1.50 bits per heavy atom. The molecule has 1 aliphatic rings. The van der Waals surface area contributed by atoms with E-state index in [1.54, 1.807) is 21.0 Å². The quantitative estimate of drug-likeness (QED) is 0.709. The average Bonchev–Trinajstić information content (AvgIpc) is 2.27. The summed E-state index contributed by atoms with van der Waals surface area (Å²) in [6.45, 7) is 6.53. The number of hydrogen-bond donors (Lipinski definition) is 1. The topological polar surface area (TPSA) is 58.8 Å². The van der Waals surface area contributed by atoms with E-state index in [0.717, 1.165) is 19.6 Å². The molecule has 94 valence electrons. The Morgan fingerprint density at radius 3 is 2.62 bits per heavy atom. The van der Waals surface area contributed by atoms with E-state index in [-0.39, 0.29) is 11.9 Å². The van der Waals surface area contributed by atoms with Gasteiger partial charge in [0, 0.05) is 33.3 Å². The number of piperazine rings is 1. The molecule has 1 saturated heterocycles. The van der Waals surface area contributed by atoms with Gasteiger partial charge in [0.1, 0.15) is 5.60 Å². The van der Waals surface area contributed by atoms with E-state index in [9.17, 15) is 4.79 Å². The van der Waals surface area contributed by atoms with Gasteiger partial charge in [-0.15, -0.1) is 0 Å². The predicted octanol–water partition coefficient (Wildman–Crippen LogP) is -0.487. The van der Waals surface area contributed by atoms with Gasteiger partial charge in [-0.1, -0.05) is 0 Å². The Labute approximate surface area is 97.5 Å². The first-order chi connectivity index (χ1) is 7.42. The van der Waals surface area contributed by atoms with Crippen LogP contribution in [0.3, 0.4) is 0 Å². The molecule has 0 aromatic heterocycles. The SMILES string of the molecule is COC(C)(C)C(=O)N1CCN(C)CC1CN. The lowest BCUT2D eigenvalue weighted by Gasteiger charge is -2.42. The third kappa shape index (κ3) is 2.72. The Morgan fingerprint density at radius 2 is 2.12 bits per heavy atom. The van der Waals surface area contributed by atoms with Crippen molar-refractivity contribution >= 4 is 5.91 Å². The number of rotatable bonds is 3.